The number of ether oxygens (including phenoxy) is 1. The Labute approximate surface area is 173 Å². The fraction of sp³-hybridized carbons (Fsp3) is 0.316. The first-order valence-corrected chi connectivity index (χ1v) is 9.56. The Morgan fingerprint density at radius 3 is 2.54 bits per heavy atom. The number of hydrogen-bond donors (Lipinski definition) is 1. The van der Waals surface area contributed by atoms with Gasteiger partial charge in [-0.3, -0.25) is 9.48 Å². The lowest BCUT2D eigenvalue weighted by atomic mass is 10.1. The Balaban J connectivity index is 1.57. The fourth-order valence-electron chi connectivity index (χ4n) is 2.66. The molecule has 0 saturated heterocycles. The molecular formula is C19H21Cl2N5O2. The minimum absolute atomic E-state index is 0.181. The summed E-state index contributed by atoms with van der Waals surface area (Å²) in [5.74, 6) is 0.390. The van der Waals surface area contributed by atoms with Gasteiger partial charge in [0.1, 0.15) is 17.1 Å². The Morgan fingerprint density at radius 1 is 1.18 bits per heavy atom. The number of carbonyl (C=O) groups is 1. The maximum absolute atomic E-state index is 12.3. The molecule has 0 spiro atoms. The van der Waals surface area contributed by atoms with Crippen molar-refractivity contribution in [3.8, 4) is 5.75 Å². The number of halogens is 2. The van der Waals surface area contributed by atoms with Crippen molar-refractivity contribution >= 4 is 29.1 Å². The summed E-state index contributed by atoms with van der Waals surface area (Å²) < 4.78 is 9.01. The van der Waals surface area contributed by atoms with Crippen LogP contribution in [0.3, 0.4) is 0 Å². The third-order valence-electron chi connectivity index (χ3n) is 4.17. The number of amides is 1. The second kappa shape index (κ2) is 8.67. The van der Waals surface area contributed by atoms with E-state index in [2.05, 4.69) is 15.5 Å². The molecule has 0 saturated carbocycles. The molecule has 0 aliphatic carbocycles. The molecular weight excluding hydrogens is 401 g/mol. The smallest absolute Gasteiger partial charge is 0.272 e. The highest BCUT2D eigenvalue weighted by molar-refractivity contribution is 6.32. The number of aryl methyl sites for hydroxylation is 3. The van der Waals surface area contributed by atoms with E-state index in [9.17, 15) is 4.79 Å². The van der Waals surface area contributed by atoms with Crippen LogP contribution in [0.2, 0.25) is 10.0 Å². The molecule has 0 unspecified atom stereocenters. The topological polar surface area (TPSA) is 74.0 Å². The van der Waals surface area contributed by atoms with Crippen LogP contribution >= 0.6 is 23.2 Å². The quantitative estimate of drug-likeness (QED) is 0.625. The summed E-state index contributed by atoms with van der Waals surface area (Å²) in [6.45, 7) is 6.94. The summed E-state index contributed by atoms with van der Waals surface area (Å²) >= 11 is 12.3. The van der Waals surface area contributed by atoms with Gasteiger partial charge in [-0.2, -0.15) is 10.2 Å². The van der Waals surface area contributed by atoms with Crippen LogP contribution in [0.25, 0.3) is 0 Å². The van der Waals surface area contributed by atoms with E-state index >= 15 is 0 Å². The van der Waals surface area contributed by atoms with E-state index in [0.717, 1.165) is 16.1 Å². The molecule has 148 valence electrons. The number of nitrogens with one attached hydrogen (secondary N) is 1. The predicted octanol–water partition coefficient (Wildman–Crippen LogP) is 3.99. The Hall–Kier alpha value is -2.51. The largest absolute Gasteiger partial charge is 0.471 e. The summed E-state index contributed by atoms with van der Waals surface area (Å²) in [6.07, 6.45) is 3.42. The Bertz CT molecular complexity index is 973. The van der Waals surface area contributed by atoms with Crippen molar-refractivity contribution in [3.63, 3.8) is 0 Å². The van der Waals surface area contributed by atoms with Gasteiger partial charge in [-0.25, -0.2) is 4.68 Å². The lowest BCUT2D eigenvalue weighted by molar-refractivity contribution is 0.0943. The van der Waals surface area contributed by atoms with Gasteiger partial charge in [0.25, 0.3) is 5.91 Å². The molecule has 0 radical (unpaired) electrons. The van der Waals surface area contributed by atoms with Gasteiger partial charge >= 0.3 is 0 Å². The molecule has 1 amide bonds. The summed E-state index contributed by atoms with van der Waals surface area (Å²) in [5.41, 5.74) is 2.80. The lowest BCUT2D eigenvalue weighted by Crippen LogP contribution is -2.24. The van der Waals surface area contributed by atoms with Gasteiger partial charge in [0, 0.05) is 24.0 Å². The van der Waals surface area contributed by atoms with E-state index in [1.165, 1.54) is 0 Å². The van der Waals surface area contributed by atoms with Crippen LogP contribution < -0.4 is 10.1 Å². The van der Waals surface area contributed by atoms with Crippen LogP contribution in [0.5, 0.6) is 5.75 Å². The molecule has 1 aromatic carbocycles. The first kappa shape index (κ1) is 20.2. The second-order valence-electron chi connectivity index (χ2n) is 6.35. The molecule has 28 heavy (non-hydrogen) atoms. The van der Waals surface area contributed by atoms with E-state index in [1.54, 1.807) is 27.8 Å². The molecule has 0 atom stereocenters. The van der Waals surface area contributed by atoms with Crippen molar-refractivity contribution in [1.29, 1.82) is 0 Å². The van der Waals surface area contributed by atoms with Gasteiger partial charge in [0.15, 0.2) is 6.73 Å². The van der Waals surface area contributed by atoms with Gasteiger partial charge < -0.3 is 10.1 Å². The van der Waals surface area contributed by atoms with Crippen LogP contribution in [-0.2, 0) is 19.8 Å². The number of carbonyl (C=O) groups excluding carboxylic acids is 1. The lowest BCUT2D eigenvalue weighted by Gasteiger charge is -2.10. The molecule has 7 nitrogen and oxygen atoms in total. The third-order valence-corrected chi connectivity index (χ3v) is 5.09. The van der Waals surface area contributed by atoms with Crippen molar-refractivity contribution < 1.29 is 9.53 Å². The average molecular weight is 422 g/mol. The van der Waals surface area contributed by atoms with E-state index in [1.807, 2.05) is 32.9 Å². The second-order valence-corrected chi connectivity index (χ2v) is 7.13. The zero-order chi connectivity index (χ0) is 20.3. The van der Waals surface area contributed by atoms with Crippen LogP contribution in [0, 0.1) is 13.8 Å². The fourth-order valence-corrected chi connectivity index (χ4v) is 2.98. The van der Waals surface area contributed by atoms with E-state index in [0.29, 0.717) is 23.0 Å². The number of aromatic nitrogens is 4. The molecule has 0 aliphatic rings. The monoisotopic (exact) mass is 421 g/mol. The third kappa shape index (κ3) is 4.66. The normalized spacial score (nSPS) is 10.9. The number of hydrogen-bond acceptors (Lipinski definition) is 4. The molecule has 2 aromatic heterocycles. The number of rotatable bonds is 7. The SMILES string of the molecule is CCn1cc(Cl)c(CNC(=O)c2ccn(COc3cc(C)c(Cl)c(C)c3)n2)n1. The maximum atomic E-state index is 12.3. The van der Waals surface area contributed by atoms with Gasteiger partial charge in [0.05, 0.1) is 11.6 Å². The van der Waals surface area contributed by atoms with Crippen LogP contribution in [0.1, 0.15) is 34.2 Å². The number of nitrogens with zero attached hydrogens (tertiary/aromatic N) is 4. The van der Waals surface area contributed by atoms with Crippen molar-refractivity contribution in [1.82, 2.24) is 24.9 Å². The van der Waals surface area contributed by atoms with Crippen molar-refractivity contribution in [3.05, 3.63) is 63.2 Å². The molecule has 3 rings (SSSR count). The Kier molecular flexibility index (Phi) is 6.26. The zero-order valence-electron chi connectivity index (χ0n) is 15.9. The standard InChI is InChI=1S/C19H21Cl2N5O2/c1-4-25-10-15(20)17(24-25)9-22-19(27)16-5-6-26(23-16)11-28-14-7-12(2)18(21)13(3)8-14/h5-8,10H,4,9,11H2,1-3H3,(H,22,27). The summed E-state index contributed by atoms with van der Waals surface area (Å²) in [4.78, 5) is 12.3. The van der Waals surface area contributed by atoms with E-state index in [4.69, 9.17) is 27.9 Å². The highest BCUT2D eigenvalue weighted by atomic mass is 35.5. The zero-order valence-corrected chi connectivity index (χ0v) is 17.4. The predicted molar refractivity (Wildman–Crippen MR) is 108 cm³/mol. The molecule has 1 N–H and O–H groups in total. The van der Waals surface area contributed by atoms with Crippen molar-refractivity contribution in [2.45, 2.75) is 40.6 Å². The van der Waals surface area contributed by atoms with Crippen LogP contribution in [-0.4, -0.2) is 25.5 Å². The highest BCUT2D eigenvalue weighted by Crippen LogP contribution is 2.26. The minimum Gasteiger partial charge on any atom is -0.471 e. The maximum Gasteiger partial charge on any atom is 0.272 e. The van der Waals surface area contributed by atoms with Crippen LogP contribution in [0.15, 0.2) is 30.6 Å². The number of benzene rings is 1. The van der Waals surface area contributed by atoms with E-state index in [-0.39, 0.29) is 24.9 Å². The van der Waals surface area contributed by atoms with Crippen molar-refractivity contribution in [2.24, 2.45) is 0 Å². The highest BCUT2D eigenvalue weighted by Gasteiger charge is 2.12. The molecule has 0 aliphatic heterocycles. The first-order chi connectivity index (χ1) is 13.4. The molecule has 3 aromatic rings. The van der Waals surface area contributed by atoms with E-state index < -0.39 is 0 Å². The molecule has 0 bridgehead atoms. The molecule has 0 fully saturated rings. The minimum atomic E-state index is -0.306. The summed E-state index contributed by atoms with van der Waals surface area (Å²) in [5, 5.41) is 12.6. The molecule has 2 heterocycles. The van der Waals surface area contributed by atoms with Gasteiger partial charge in [-0.05, 0) is 50.1 Å². The summed E-state index contributed by atoms with van der Waals surface area (Å²) in [7, 11) is 0. The van der Waals surface area contributed by atoms with Crippen LogP contribution in [0.4, 0.5) is 0 Å². The van der Waals surface area contributed by atoms with Gasteiger partial charge in [0.2, 0.25) is 0 Å². The Morgan fingerprint density at radius 2 is 1.89 bits per heavy atom. The van der Waals surface area contributed by atoms with Gasteiger partial charge in [-0.1, -0.05) is 23.2 Å². The first-order valence-electron chi connectivity index (χ1n) is 8.80. The molecule has 9 heteroatoms. The van der Waals surface area contributed by atoms with Crippen molar-refractivity contribution in [2.75, 3.05) is 0 Å². The summed E-state index contributed by atoms with van der Waals surface area (Å²) in [6, 6.07) is 5.36. The van der Waals surface area contributed by atoms with Gasteiger partial charge in [-0.15, -0.1) is 0 Å². The average Bonchev–Trinajstić information content (AvgIpc) is 3.29.